The summed E-state index contributed by atoms with van der Waals surface area (Å²) in [5.41, 5.74) is 2.67. The van der Waals surface area contributed by atoms with Crippen LogP contribution in [0.15, 0.2) is 30.5 Å². The van der Waals surface area contributed by atoms with Crippen LogP contribution in [0.1, 0.15) is 51.8 Å². The Balaban J connectivity index is 2.80. The minimum atomic E-state index is 0.141. The highest BCUT2D eigenvalue weighted by Crippen LogP contribution is 2.32. The molecule has 17 heavy (non-hydrogen) atoms. The summed E-state index contributed by atoms with van der Waals surface area (Å²) in [4.78, 5) is 4.67. The van der Waals surface area contributed by atoms with Crippen molar-refractivity contribution in [2.75, 3.05) is 0 Å². The molecule has 90 valence electrons. The molecule has 0 atom stereocenters. The highest BCUT2D eigenvalue weighted by Gasteiger charge is 2.19. The second kappa shape index (κ2) is 4.14. The summed E-state index contributed by atoms with van der Waals surface area (Å²) in [5.74, 6) is 0.467. The summed E-state index contributed by atoms with van der Waals surface area (Å²) < 4.78 is 0. The molecule has 0 saturated heterocycles. The van der Waals surface area contributed by atoms with Crippen molar-refractivity contribution >= 4 is 10.8 Å². The number of rotatable bonds is 1. The summed E-state index contributed by atoms with van der Waals surface area (Å²) in [7, 11) is 0. The molecule has 0 saturated carbocycles. The van der Waals surface area contributed by atoms with Gasteiger partial charge in [-0.05, 0) is 22.3 Å². The first-order chi connectivity index (χ1) is 7.91. The minimum Gasteiger partial charge on any atom is -0.260 e. The third-order valence-corrected chi connectivity index (χ3v) is 3.18. The van der Waals surface area contributed by atoms with E-state index < -0.39 is 0 Å². The predicted octanol–water partition coefficient (Wildman–Crippen LogP) is 4.66. The predicted molar refractivity (Wildman–Crippen MR) is 74.5 cm³/mol. The molecule has 0 bridgehead atoms. The van der Waals surface area contributed by atoms with Crippen molar-refractivity contribution in [3.63, 3.8) is 0 Å². The number of pyridine rings is 1. The normalized spacial score (nSPS) is 12.4. The molecule has 0 aliphatic rings. The zero-order valence-electron chi connectivity index (χ0n) is 11.4. The lowest BCUT2D eigenvalue weighted by atomic mass is 9.84. The molecule has 1 heterocycles. The first-order valence-corrected chi connectivity index (χ1v) is 6.29. The number of aromatic nitrogens is 1. The summed E-state index contributed by atoms with van der Waals surface area (Å²) in [5, 5.41) is 2.65. The highest BCUT2D eigenvalue weighted by molar-refractivity contribution is 5.88. The van der Waals surface area contributed by atoms with Gasteiger partial charge in [0, 0.05) is 11.6 Å². The van der Waals surface area contributed by atoms with Gasteiger partial charge >= 0.3 is 0 Å². The van der Waals surface area contributed by atoms with Gasteiger partial charge in [-0.3, -0.25) is 4.98 Å². The van der Waals surface area contributed by atoms with E-state index in [1.165, 1.54) is 22.0 Å². The summed E-state index contributed by atoms with van der Waals surface area (Å²) in [6.45, 7) is 11.1. The van der Waals surface area contributed by atoms with Crippen molar-refractivity contribution in [1.29, 1.82) is 0 Å². The van der Waals surface area contributed by atoms with E-state index in [-0.39, 0.29) is 5.41 Å². The van der Waals surface area contributed by atoms with Crippen LogP contribution in [0.4, 0.5) is 0 Å². The van der Waals surface area contributed by atoms with Crippen molar-refractivity contribution in [1.82, 2.24) is 4.98 Å². The Morgan fingerprint density at radius 1 is 1.00 bits per heavy atom. The zero-order chi connectivity index (χ0) is 12.6. The molecular weight excluding hydrogens is 206 g/mol. The van der Waals surface area contributed by atoms with Crippen molar-refractivity contribution < 1.29 is 0 Å². The third-order valence-electron chi connectivity index (χ3n) is 3.18. The lowest BCUT2D eigenvalue weighted by Gasteiger charge is -2.22. The van der Waals surface area contributed by atoms with Crippen molar-refractivity contribution in [2.24, 2.45) is 0 Å². The van der Waals surface area contributed by atoms with Crippen LogP contribution in [0.25, 0.3) is 10.8 Å². The average Bonchev–Trinajstić information content (AvgIpc) is 2.26. The lowest BCUT2D eigenvalue weighted by molar-refractivity contribution is 0.592. The summed E-state index contributed by atoms with van der Waals surface area (Å²) in [6, 6.07) is 8.61. The van der Waals surface area contributed by atoms with Gasteiger partial charge in [-0.25, -0.2) is 0 Å². The Morgan fingerprint density at radius 2 is 1.59 bits per heavy atom. The minimum absolute atomic E-state index is 0.141. The average molecular weight is 227 g/mol. The molecule has 0 aliphatic heterocycles. The number of fused-ring (bicyclic) bond motifs is 1. The van der Waals surface area contributed by atoms with Crippen LogP contribution in [0.3, 0.4) is 0 Å². The maximum absolute atomic E-state index is 4.67. The Morgan fingerprint density at radius 3 is 2.12 bits per heavy atom. The molecule has 0 amide bonds. The number of benzene rings is 1. The maximum Gasteiger partial charge on any atom is 0.0507 e. The van der Waals surface area contributed by atoms with Crippen LogP contribution in [-0.4, -0.2) is 4.98 Å². The molecule has 0 unspecified atom stereocenters. The van der Waals surface area contributed by atoms with E-state index in [1.807, 2.05) is 0 Å². The van der Waals surface area contributed by atoms with Crippen LogP contribution in [0, 0.1) is 0 Å². The molecule has 0 fully saturated rings. The van der Waals surface area contributed by atoms with Crippen LogP contribution in [0.5, 0.6) is 0 Å². The van der Waals surface area contributed by atoms with Crippen LogP contribution in [-0.2, 0) is 5.41 Å². The Bertz CT molecular complexity index is 533. The van der Waals surface area contributed by atoms with Crippen molar-refractivity contribution in [3.8, 4) is 0 Å². The third kappa shape index (κ3) is 2.19. The zero-order valence-corrected chi connectivity index (χ0v) is 11.4. The van der Waals surface area contributed by atoms with Crippen molar-refractivity contribution in [2.45, 2.75) is 46.0 Å². The largest absolute Gasteiger partial charge is 0.260 e. The topological polar surface area (TPSA) is 12.9 Å². The smallest absolute Gasteiger partial charge is 0.0507 e. The molecule has 0 spiro atoms. The van der Waals surface area contributed by atoms with E-state index in [4.69, 9.17) is 0 Å². The van der Waals surface area contributed by atoms with Gasteiger partial charge in [0.25, 0.3) is 0 Å². The Kier molecular flexibility index (Phi) is 2.94. The molecule has 0 N–H and O–H groups in total. The molecule has 1 heteroatoms. The van der Waals surface area contributed by atoms with E-state index in [0.29, 0.717) is 5.92 Å². The number of hydrogen-bond donors (Lipinski definition) is 0. The molecule has 1 aromatic carbocycles. The van der Waals surface area contributed by atoms with E-state index >= 15 is 0 Å². The van der Waals surface area contributed by atoms with E-state index in [9.17, 15) is 0 Å². The maximum atomic E-state index is 4.67. The van der Waals surface area contributed by atoms with Crippen LogP contribution in [0.2, 0.25) is 0 Å². The molecule has 2 rings (SSSR count). The molecule has 2 aromatic rings. The van der Waals surface area contributed by atoms with Gasteiger partial charge in [-0.15, -0.1) is 0 Å². The Hall–Kier alpha value is -1.37. The Labute approximate surface area is 104 Å². The monoisotopic (exact) mass is 227 g/mol. The van der Waals surface area contributed by atoms with Gasteiger partial charge < -0.3 is 0 Å². The highest BCUT2D eigenvalue weighted by atomic mass is 14.7. The fraction of sp³-hybridized carbons (Fsp3) is 0.438. The van der Waals surface area contributed by atoms with Gasteiger partial charge in [-0.2, -0.15) is 0 Å². The summed E-state index contributed by atoms with van der Waals surface area (Å²) in [6.07, 6.45) is 2.05. The SMILES string of the molecule is CC(C)c1ncc(C(C)(C)C)c2ccccc12. The molecular formula is C16H21N. The second-order valence-electron chi connectivity index (χ2n) is 6.01. The number of nitrogens with zero attached hydrogens (tertiary/aromatic N) is 1. The molecule has 0 aliphatic carbocycles. The van der Waals surface area contributed by atoms with E-state index in [0.717, 1.165) is 0 Å². The molecule has 1 nitrogen and oxygen atoms in total. The van der Waals surface area contributed by atoms with Gasteiger partial charge in [0.05, 0.1) is 5.69 Å². The first-order valence-electron chi connectivity index (χ1n) is 6.29. The standard InChI is InChI=1S/C16H21N/c1-11(2)15-13-9-7-6-8-12(13)14(10-17-15)16(3,4)5/h6-11H,1-5H3. The van der Waals surface area contributed by atoms with Gasteiger partial charge in [0.15, 0.2) is 0 Å². The quantitative estimate of drug-likeness (QED) is 0.690. The van der Waals surface area contributed by atoms with Crippen LogP contribution >= 0.6 is 0 Å². The van der Waals surface area contributed by atoms with E-state index in [1.54, 1.807) is 0 Å². The molecule has 0 radical (unpaired) electrons. The second-order valence-corrected chi connectivity index (χ2v) is 6.01. The lowest BCUT2D eigenvalue weighted by Crippen LogP contribution is -2.13. The van der Waals surface area contributed by atoms with Crippen molar-refractivity contribution in [3.05, 3.63) is 41.7 Å². The molecule has 1 aromatic heterocycles. The van der Waals surface area contributed by atoms with Crippen LogP contribution < -0.4 is 0 Å². The first kappa shape index (κ1) is 12.1. The van der Waals surface area contributed by atoms with Gasteiger partial charge in [0.2, 0.25) is 0 Å². The van der Waals surface area contributed by atoms with Gasteiger partial charge in [0.1, 0.15) is 0 Å². The fourth-order valence-corrected chi connectivity index (χ4v) is 2.27. The van der Waals surface area contributed by atoms with Gasteiger partial charge in [-0.1, -0.05) is 58.9 Å². The summed E-state index contributed by atoms with van der Waals surface area (Å²) >= 11 is 0. The van der Waals surface area contributed by atoms with E-state index in [2.05, 4.69) is 70.1 Å². The fourth-order valence-electron chi connectivity index (χ4n) is 2.27. The number of hydrogen-bond acceptors (Lipinski definition) is 1.